The van der Waals surface area contributed by atoms with Gasteiger partial charge in [-0.05, 0) is 43.4 Å². The van der Waals surface area contributed by atoms with Crippen molar-refractivity contribution >= 4 is 0 Å². The molecule has 2 heteroatoms. The van der Waals surface area contributed by atoms with E-state index in [1.165, 1.54) is 25.7 Å². The lowest BCUT2D eigenvalue weighted by molar-refractivity contribution is -0.0860. The van der Waals surface area contributed by atoms with Crippen molar-refractivity contribution in [3.8, 4) is 0 Å². The van der Waals surface area contributed by atoms with Crippen LogP contribution < -0.4 is 0 Å². The summed E-state index contributed by atoms with van der Waals surface area (Å²) in [7, 11) is 0. The zero-order chi connectivity index (χ0) is 8.34. The third-order valence-corrected chi connectivity index (χ3v) is 4.55. The number of aliphatic hydroxyl groups excluding tert-OH is 2. The van der Waals surface area contributed by atoms with Crippen LogP contribution in [0.1, 0.15) is 25.7 Å². The molecule has 0 aliphatic heterocycles. The second-order valence-electron chi connectivity index (χ2n) is 4.97. The number of hydrogen-bond acceptors (Lipinski definition) is 2. The Morgan fingerprint density at radius 2 is 2.25 bits per heavy atom. The van der Waals surface area contributed by atoms with Gasteiger partial charge in [-0.25, -0.2) is 0 Å². The zero-order valence-electron chi connectivity index (χ0n) is 7.24. The minimum Gasteiger partial charge on any atom is -0.396 e. The fourth-order valence-electron chi connectivity index (χ4n) is 3.70. The Morgan fingerprint density at radius 3 is 2.67 bits per heavy atom. The highest BCUT2D eigenvalue weighted by molar-refractivity contribution is 5.16. The lowest BCUT2D eigenvalue weighted by atomic mass is 9.63. The molecule has 4 fully saturated rings. The molecule has 2 N–H and O–H groups in total. The van der Waals surface area contributed by atoms with Gasteiger partial charge in [0.1, 0.15) is 0 Å². The molecule has 4 rings (SSSR count). The standard InChI is InChI=1S/C10H16O2/c11-5-7-3-8(7)10-2-1-6(4-10)9(10)12/h6-9,11-12H,1-5H2/t6-,7+,8-,9+,10+/m1/s1. The van der Waals surface area contributed by atoms with Crippen molar-refractivity contribution in [1.82, 2.24) is 0 Å². The molecule has 2 nitrogen and oxygen atoms in total. The van der Waals surface area contributed by atoms with Gasteiger partial charge in [-0.1, -0.05) is 0 Å². The summed E-state index contributed by atoms with van der Waals surface area (Å²) in [5, 5.41) is 18.8. The van der Waals surface area contributed by atoms with Gasteiger partial charge in [0.25, 0.3) is 0 Å². The molecule has 0 unspecified atom stereocenters. The van der Waals surface area contributed by atoms with Crippen molar-refractivity contribution in [3.63, 3.8) is 0 Å². The minimum absolute atomic E-state index is 0.0148. The van der Waals surface area contributed by atoms with Gasteiger partial charge in [-0.15, -0.1) is 0 Å². The molecule has 12 heavy (non-hydrogen) atoms. The molecule has 4 saturated carbocycles. The molecule has 4 aliphatic carbocycles. The molecular weight excluding hydrogens is 152 g/mol. The molecule has 0 radical (unpaired) electrons. The van der Waals surface area contributed by atoms with E-state index in [9.17, 15) is 5.11 Å². The van der Waals surface area contributed by atoms with Gasteiger partial charge in [0.15, 0.2) is 0 Å². The molecule has 0 aromatic carbocycles. The number of hydrogen-bond donors (Lipinski definition) is 2. The van der Waals surface area contributed by atoms with Crippen molar-refractivity contribution in [1.29, 1.82) is 0 Å². The van der Waals surface area contributed by atoms with Crippen LogP contribution in [0.25, 0.3) is 0 Å². The van der Waals surface area contributed by atoms with Crippen LogP contribution in [-0.2, 0) is 0 Å². The lowest BCUT2D eigenvalue weighted by Gasteiger charge is -2.45. The summed E-state index contributed by atoms with van der Waals surface area (Å²) in [6.07, 6.45) is 4.85. The highest BCUT2D eigenvalue weighted by atomic mass is 16.3. The van der Waals surface area contributed by atoms with E-state index in [0.29, 0.717) is 24.4 Å². The summed E-state index contributed by atoms with van der Waals surface area (Å²) in [6.45, 7) is 0.337. The van der Waals surface area contributed by atoms with E-state index >= 15 is 0 Å². The summed E-state index contributed by atoms with van der Waals surface area (Å²) in [5.41, 5.74) is 0.276. The average molecular weight is 168 g/mol. The predicted molar refractivity (Wildman–Crippen MR) is 44.5 cm³/mol. The third-order valence-electron chi connectivity index (χ3n) is 4.55. The Kier molecular flexibility index (Phi) is 1.25. The van der Waals surface area contributed by atoms with Gasteiger partial charge >= 0.3 is 0 Å². The van der Waals surface area contributed by atoms with Crippen molar-refractivity contribution in [2.75, 3.05) is 6.61 Å². The van der Waals surface area contributed by atoms with Crippen molar-refractivity contribution in [2.45, 2.75) is 31.8 Å². The quantitative estimate of drug-likeness (QED) is 0.639. The molecule has 0 amide bonds. The highest BCUT2D eigenvalue weighted by Crippen LogP contribution is 2.69. The van der Waals surface area contributed by atoms with Gasteiger partial charge in [-0.2, -0.15) is 0 Å². The number of aliphatic hydroxyl groups is 2. The summed E-state index contributed by atoms with van der Waals surface area (Å²) in [5.74, 6) is 1.81. The first kappa shape index (κ1) is 7.34. The van der Waals surface area contributed by atoms with Crippen LogP contribution in [0.5, 0.6) is 0 Å². The minimum atomic E-state index is -0.0148. The van der Waals surface area contributed by atoms with E-state index in [0.717, 1.165) is 0 Å². The van der Waals surface area contributed by atoms with Crippen molar-refractivity contribution in [3.05, 3.63) is 0 Å². The molecule has 0 saturated heterocycles. The predicted octanol–water partition coefficient (Wildman–Crippen LogP) is 0.776. The first-order valence-electron chi connectivity index (χ1n) is 5.07. The first-order chi connectivity index (χ1) is 5.78. The van der Waals surface area contributed by atoms with E-state index in [-0.39, 0.29) is 11.5 Å². The van der Waals surface area contributed by atoms with E-state index in [1.807, 2.05) is 0 Å². The third kappa shape index (κ3) is 0.647. The van der Waals surface area contributed by atoms with Crippen LogP contribution in [0.3, 0.4) is 0 Å². The maximum Gasteiger partial charge on any atom is 0.0627 e. The Labute approximate surface area is 72.6 Å². The molecule has 0 aromatic heterocycles. The molecule has 5 atom stereocenters. The zero-order valence-corrected chi connectivity index (χ0v) is 7.24. The Balaban J connectivity index is 1.77. The van der Waals surface area contributed by atoms with Gasteiger partial charge in [-0.3, -0.25) is 0 Å². The molecule has 2 bridgehead atoms. The topological polar surface area (TPSA) is 40.5 Å². The van der Waals surface area contributed by atoms with Crippen LogP contribution in [-0.4, -0.2) is 22.9 Å². The van der Waals surface area contributed by atoms with Crippen LogP contribution in [0.4, 0.5) is 0 Å². The van der Waals surface area contributed by atoms with Crippen LogP contribution in [0.15, 0.2) is 0 Å². The highest BCUT2D eigenvalue weighted by Gasteiger charge is 2.67. The van der Waals surface area contributed by atoms with E-state index < -0.39 is 0 Å². The molecular formula is C10H16O2. The largest absolute Gasteiger partial charge is 0.396 e. The molecule has 4 aliphatic rings. The molecule has 0 aromatic rings. The Morgan fingerprint density at radius 1 is 1.42 bits per heavy atom. The average Bonchev–Trinajstić information content (AvgIpc) is 2.65. The summed E-state index contributed by atoms with van der Waals surface area (Å²) < 4.78 is 0. The van der Waals surface area contributed by atoms with Gasteiger partial charge < -0.3 is 10.2 Å². The fraction of sp³-hybridized carbons (Fsp3) is 1.00. The first-order valence-corrected chi connectivity index (χ1v) is 5.07. The van der Waals surface area contributed by atoms with Crippen LogP contribution in [0.2, 0.25) is 0 Å². The summed E-state index contributed by atoms with van der Waals surface area (Å²) in [4.78, 5) is 0. The second kappa shape index (κ2) is 2.05. The maximum atomic E-state index is 9.84. The van der Waals surface area contributed by atoms with Crippen LogP contribution >= 0.6 is 0 Å². The maximum absolute atomic E-state index is 9.84. The number of fused-ring (bicyclic) bond motifs is 1. The SMILES string of the molecule is OC[C@@H]1C[C@H]1[C@]12CC[C@H](C1)[C@@H]2O. The lowest BCUT2D eigenvalue weighted by Crippen LogP contribution is -2.47. The summed E-state index contributed by atoms with van der Waals surface area (Å²) >= 11 is 0. The Hall–Kier alpha value is -0.0800. The molecule has 68 valence electrons. The smallest absolute Gasteiger partial charge is 0.0627 e. The second-order valence-corrected chi connectivity index (χ2v) is 4.97. The molecule has 0 heterocycles. The van der Waals surface area contributed by atoms with E-state index in [1.54, 1.807) is 0 Å². The molecule has 0 spiro atoms. The monoisotopic (exact) mass is 168 g/mol. The Bertz CT molecular complexity index is 212. The number of rotatable bonds is 2. The van der Waals surface area contributed by atoms with Gasteiger partial charge in [0.05, 0.1) is 6.10 Å². The van der Waals surface area contributed by atoms with Gasteiger partial charge in [0, 0.05) is 12.0 Å². The van der Waals surface area contributed by atoms with Crippen molar-refractivity contribution in [2.24, 2.45) is 23.2 Å². The van der Waals surface area contributed by atoms with Gasteiger partial charge in [0.2, 0.25) is 0 Å². The summed E-state index contributed by atoms with van der Waals surface area (Å²) in [6, 6.07) is 0. The van der Waals surface area contributed by atoms with Crippen molar-refractivity contribution < 1.29 is 10.2 Å². The normalized spacial score (nSPS) is 61.5. The fourth-order valence-corrected chi connectivity index (χ4v) is 3.70. The van der Waals surface area contributed by atoms with Crippen LogP contribution in [0, 0.1) is 23.2 Å². The van der Waals surface area contributed by atoms with E-state index in [2.05, 4.69) is 0 Å². The van der Waals surface area contributed by atoms with E-state index in [4.69, 9.17) is 5.11 Å².